The van der Waals surface area contributed by atoms with Gasteiger partial charge in [-0.1, -0.05) is 194 Å². The molecule has 3 heteroatoms. The van der Waals surface area contributed by atoms with Crippen LogP contribution in [0, 0.1) is 0 Å². The molecule has 0 amide bonds. The molecule has 10 aromatic carbocycles. The van der Waals surface area contributed by atoms with Crippen LogP contribution in [0.25, 0.3) is 116 Å². The molecule has 3 nitrogen and oxygen atoms in total. The highest BCUT2D eigenvalue weighted by Crippen LogP contribution is 2.47. The lowest BCUT2D eigenvalue weighted by Gasteiger charge is -2.16. The van der Waals surface area contributed by atoms with Gasteiger partial charge < -0.3 is 4.57 Å². The molecule has 12 rings (SSSR count). The van der Waals surface area contributed by atoms with Crippen LogP contribution in [-0.4, -0.2) is 14.5 Å². The van der Waals surface area contributed by atoms with Gasteiger partial charge in [-0.15, -0.1) is 0 Å². The van der Waals surface area contributed by atoms with Gasteiger partial charge in [0, 0.05) is 43.9 Å². The SMILES string of the molecule is c1ccc(-c2ccc(-c3nc(-c4ccccc4)cc(-c4ccc(-c5cc6c7ccccc7c7c(c8ccccc8n7-c7ccccc7)c6c6ccccc56)cc4)n3)cc2)cc1. The zero-order valence-electron chi connectivity index (χ0n) is 33.2. The first kappa shape index (κ1) is 34.9. The van der Waals surface area contributed by atoms with E-state index in [-0.39, 0.29) is 0 Å². The number of benzene rings is 10. The maximum atomic E-state index is 5.19. The van der Waals surface area contributed by atoms with E-state index >= 15 is 0 Å². The van der Waals surface area contributed by atoms with Crippen molar-refractivity contribution in [1.29, 1.82) is 0 Å². The summed E-state index contributed by atoms with van der Waals surface area (Å²) in [5.41, 5.74) is 13.2. The molecule has 0 saturated heterocycles. The zero-order valence-corrected chi connectivity index (χ0v) is 33.2. The molecule has 2 aromatic heterocycles. The lowest BCUT2D eigenvalue weighted by Crippen LogP contribution is -1.96. The van der Waals surface area contributed by atoms with Gasteiger partial charge in [-0.05, 0) is 74.1 Å². The first-order chi connectivity index (χ1) is 30.3. The Bertz CT molecular complexity index is 3590. The van der Waals surface area contributed by atoms with E-state index < -0.39 is 0 Å². The molecule has 2 heterocycles. The highest BCUT2D eigenvalue weighted by molar-refractivity contribution is 6.38. The standard InChI is InChI=1S/C58H37N3/c1-4-16-38(17-5-1)39-28-34-43(35-29-39)58-59-52(41-18-6-2-7-19-41)37-53(60-58)42-32-30-40(31-33-42)50-36-51-46-23-11-13-25-48(46)57-56(55(51)47-24-12-10-22-45(47)50)49-26-14-15-27-54(49)61(57)44-20-8-3-9-21-44/h1-37H. The molecule has 0 bridgehead atoms. The van der Waals surface area contributed by atoms with E-state index in [1.165, 1.54) is 65.3 Å². The van der Waals surface area contributed by atoms with Crippen molar-refractivity contribution in [3.05, 3.63) is 224 Å². The van der Waals surface area contributed by atoms with Crippen LogP contribution in [0.2, 0.25) is 0 Å². The summed E-state index contributed by atoms with van der Waals surface area (Å²) in [6, 6.07) is 80.3. The Hall–Kier alpha value is -8.14. The average molecular weight is 776 g/mol. The van der Waals surface area contributed by atoms with E-state index in [0.717, 1.165) is 44.9 Å². The summed E-state index contributed by atoms with van der Waals surface area (Å²) in [7, 11) is 0. The van der Waals surface area contributed by atoms with Crippen LogP contribution in [0.15, 0.2) is 224 Å². The van der Waals surface area contributed by atoms with Gasteiger partial charge in [-0.2, -0.15) is 0 Å². The first-order valence-electron chi connectivity index (χ1n) is 20.8. The monoisotopic (exact) mass is 775 g/mol. The molecular weight excluding hydrogens is 739 g/mol. The number of hydrogen-bond acceptors (Lipinski definition) is 2. The van der Waals surface area contributed by atoms with Crippen molar-refractivity contribution in [2.75, 3.05) is 0 Å². The third-order valence-corrected chi connectivity index (χ3v) is 12.2. The minimum Gasteiger partial charge on any atom is -0.309 e. The molecule has 0 aliphatic heterocycles. The summed E-state index contributed by atoms with van der Waals surface area (Å²) in [6.07, 6.45) is 0. The van der Waals surface area contributed by atoms with Gasteiger partial charge in [0.15, 0.2) is 5.82 Å². The average Bonchev–Trinajstić information content (AvgIpc) is 3.70. The fourth-order valence-corrected chi connectivity index (χ4v) is 9.36. The molecule has 0 fully saturated rings. The van der Waals surface area contributed by atoms with E-state index in [1.54, 1.807) is 0 Å². The van der Waals surface area contributed by atoms with Crippen molar-refractivity contribution in [1.82, 2.24) is 14.5 Å². The van der Waals surface area contributed by atoms with Gasteiger partial charge in [-0.25, -0.2) is 9.97 Å². The number of rotatable bonds is 6. The molecule has 0 N–H and O–H groups in total. The van der Waals surface area contributed by atoms with Gasteiger partial charge in [0.2, 0.25) is 0 Å². The molecule has 0 aliphatic rings. The van der Waals surface area contributed by atoms with Crippen molar-refractivity contribution in [3.8, 4) is 61.8 Å². The minimum absolute atomic E-state index is 0.701. The Balaban J connectivity index is 1.03. The second-order valence-electron chi connectivity index (χ2n) is 15.7. The normalized spacial score (nSPS) is 11.6. The van der Waals surface area contributed by atoms with Gasteiger partial charge in [0.05, 0.1) is 22.4 Å². The zero-order chi connectivity index (χ0) is 40.3. The third-order valence-electron chi connectivity index (χ3n) is 12.2. The Morgan fingerprint density at radius 2 is 0.770 bits per heavy atom. The van der Waals surface area contributed by atoms with Crippen LogP contribution < -0.4 is 0 Å². The van der Waals surface area contributed by atoms with E-state index in [2.05, 4.69) is 217 Å². The van der Waals surface area contributed by atoms with Crippen LogP contribution in [0.1, 0.15) is 0 Å². The van der Waals surface area contributed by atoms with Gasteiger partial charge >= 0.3 is 0 Å². The highest BCUT2D eigenvalue weighted by atomic mass is 15.0. The number of para-hydroxylation sites is 2. The summed E-state index contributed by atoms with van der Waals surface area (Å²) < 4.78 is 2.45. The van der Waals surface area contributed by atoms with Gasteiger partial charge in [-0.3, -0.25) is 0 Å². The van der Waals surface area contributed by atoms with Crippen molar-refractivity contribution >= 4 is 54.1 Å². The number of aromatic nitrogens is 3. The molecule has 0 unspecified atom stereocenters. The molecule has 0 atom stereocenters. The summed E-state index contributed by atoms with van der Waals surface area (Å²) in [6.45, 7) is 0. The number of nitrogens with zero attached hydrogens (tertiary/aromatic N) is 3. The molecule has 0 radical (unpaired) electrons. The van der Waals surface area contributed by atoms with E-state index in [0.29, 0.717) is 5.82 Å². The third kappa shape index (κ3) is 5.82. The molecule has 0 saturated carbocycles. The fraction of sp³-hybridized carbons (Fsp3) is 0. The van der Waals surface area contributed by atoms with E-state index in [1.807, 2.05) is 12.1 Å². The van der Waals surface area contributed by atoms with Crippen LogP contribution in [0.4, 0.5) is 0 Å². The van der Waals surface area contributed by atoms with Crippen LogP contribution in [0.5, 0.6) is 0 Å². The Labute approximate surface area is 353 Å². The smallest absolute Gasteiger partial charge is 0.160 e. The largest absolute Gasteiger partial charge is 0.309 e. The van der Waals surface area contributed by atoms with E-state index in [9.17, 15) is 0 Å². The highest BCUT2D eigenvalue weighted by Gasteiger charge is 2.22. The molecule has 61 heavy (non-hydrogen) atoms. The Morgan fingerprint density at radius 3 is 1.46 bits per heavy atom. The topological polar surface area (TPSA) is 30.7 Å². The van der Waals surface area contributed by atoms with Crippen LogP contribution >= 0.6 is 0 Å². The van der Waals surface area contributed by atoms with Gasteiger partial charge in [0.1, 0.15) is 0 Å². The van der Waals surface area contributed by atoms with Crippen molar-refractivity contribution in [2.24, 2.45) is 0 Å². The Morgan fingerprint density at radius 1 is 0.295 bits per heavy atom. The van der Waals surface area contributed by atoms with Gasteiger partial charge in [0.25, 0.3) is 0 Å². The molecule has 284 valence electrons. The predicted octanol–water partition coefficient (Wildman–Crippen LogP) is 15.4. The minimum atomic E-state index is 0.701. The summed E-state index contributed by atoms with van der Waals surface area (Å²) in [4.78, 5) is 10.3. The second kappa shape index (κ2) is 14.3. The Kier molecular flexibility index (Phi) is 8.17. The molecular formula is C58H37N3. The summed E-state index contributed by atoms with van der Waals surface area (Å²) in [5, 5.41) is 10.0. The summed E-state index contributed by atoms with van der Waals surface area (Å²) >= 11 is 0. The fourth-order valence-electron chi connectivity index (χ4n) is 9.36. The van der Waals surface area contributed by atoms with Crippen molar-refractivity contribution in [2.45, 2.75) is 0 Å². The van der Waals surface area contributed by atoms with Crippen LogP contribution in [0.3, 0.4) is 0 Å². The molecule has 12 aromatic rings. The quantitative estimate of drug-likeness (QED) is 0.158. The van der Waals surface area contributed by atoms with E-state index in [4.69, 9.17) is 9.97 Å². The maximum Gasteiger partial charge on any atom is 0.160 e. The lowest BCUT2D eigenvalue weighted by atomic mass is 9.88. The van der Waals surface area contributed by atoms with Crippen molar-refractivity contribution in [3.63, 3.8) is 0 Å². The van der Waals surface area contributed by atoms with Crippen molar-refractivity contribution < 1.29 is 0 Å². The number of fused-ring (bicyclic) bond motifs is 10. The lowest BCUT2D eigenvalue weighted by molar-refractivity contribution is 1.18. The first-order valence-corrected chi connectivity index (χ1v) is 20.8. The van der Waals surface area contributed by atoms with Crippen LogP contribution in [-0.2, 0) is 0 Å². The maximum absolute atomic E-state index is 5.19. The summed E-state index contributed by atoms with van der Waals surface area (Å²) in [5.74, 6) is 0.701. The number of hydrogen-bond donors (Lipinski definition) is 0. The second-order valence-corrected chi connectivity index (χ2v) is 15.7. The predicted molar refractivity (Wildman–Crippen MR) is 256 cm³/mol. The molecule has 0 spiro atoms. The molecule has 0 aliphatic carbocycles.